The Labute approximate surface area is 143 Å². The molecule has 0 atom stereocenters. The molecule has 6 nitrogen and oxygen atoms in total. The number of thioether (sulfide) groups is 1. The lowest BCUT2D eigenvalue weighted by molar-refractivity contribution is -0.105. The van der Waals surface area contributed by atoms with Crippen molar-refractivity contribution in [1.29, 1.82) is 5.41 Å². The number of nitrogens with one attached hydrogen (secondary N) is 2. The van der Waals surface area contributed by atoms with Gasteiger partial charge in [-0.1, -0.05) is 5.21 Å². The maximum absolute atomic E-state index is 14.3. The van der Waals surface area contributed by atoms with Gasteiger partial charge in [-0.3, -0.25) is 4.79 Å². The average molecular weight is 375 g/mol. The van der Waals surface area contributed by atoms with Gasteiger partial charge in [0.1, 0.15) is 17.1 Å². The summed E-state index contributed by atoms with van der Waals surface area (Å²) in [5, 5.41) is 17.1. The lowest BCUT2D eigenvalue weighted by Gasteiger charge is -2.13. The average Bonchev–Trinajstić information content (AvgIpc) is 2.53. The van der Waals surface area contributed by atoms with Crippen molar-refractivity contribution in [3.05, 3.63) is 39.4 Å². The molecule has 0 saturated heterocycles. The third-order valence-corrected chi connectivity index (χ3v) is 4.38. The number of aromatic nitrogens is 3. The van der Waals surface area contributed by atoms with Gasteiger partial charge in [0, 0.05) is 18.2 Å². The molecular formula is C14H13F4N5OS. The van der Waals surface area contributed by atoms with E-state index in [0.717, 1.165) is 18.3 Å². The molecule has 0 aliphatic carbocycles. The standard InChI is InChI=1S/C14H13F4N5OS/c1-7-3-9(15)10(4-11(7)25-6-14(16,17)18)23-13(24)8(5-19)12(20-2)21-22-23/h3-5,19-20H,6H2,1-2H3. The summed E-state index contributed by atoms with van der Waals surface area (Å²) in [5.74, 6) is -1.95. The first-order valence-corrected chi connectivity index (χ1v) is 7.84. The lowest BCUT2D eigenvalue weighted by Crippen LogP contribution is -2.28. The van der Waals surface area contributed by atoms with Crippen molar-refractivity contribution in [1.82, 2.24) is 15.0 Å². The van der Waals surface area contributed by atoms with Crippen molar-refractivity contribution in [2.24, 2.45) is 0 Å². The summed E-state index contributed by atoms with van der Waals surface area (Å²) in [7, 11) is 1.47. The SMILES string of the molecule is CNc1nnn(-c2cc(SCC(F)(F)F)c(C)cc2F)c(=O)c1C=N. The zero-order chi connectivity index (χ0) is 18.8. The predicted octanol–water partition coefficient (Wildman–Crippen LogP) is 2.77. The first-order valence-electron chi connectivity index (χ1n) is 6.86. The minimum atomic E-state index is -4.38. The van der Waals surface area contributed by atoms with Gasteiger partial charge in [-0.2, -0.15) is 17.9 Å². The maximum Gasteiger partial charge on any atom is 0.398 e. The Morgan fingerprint density at radius 1 is 1.40 bits per heavy atom. The van der Waals surface area contributed by atoms with Crippen LogP contribution in [0, 0.1) is 18.2 Å². The van der Waals surface area contributed by atoms with E-state index in [1.165, 1.54) is 14.0 Å². The molecule has 0 aliphatic rings. The fraction of sp³-hybridized carbons (Fsp3) is 0.286. The molecule has 2 rings (SSSR count). The highest BCUT2D eigenvalue weighted by atomic mass is 32.2. The Morgan fingerprint density at radius 3 is 2.64 bits per heavy atom. The smallest absolute Gasteiger partial charge is 0.371 e. The molecule has 0 radical (unpaired) electrons. The van der Waals surface area contributed by atoms with E-state index in [0.29, 0.717) is 22.0 Å². The van der Waals surface area contributed by atoms with Gasteiger partial charge >= 0.3 is 6.18 Å². The molecule has 134 valence electrons. The van der Waals surface area contributed by atoms with Crippen LogP contribution in [0.15, 0.2) is 21.8 Å². The predicted molar refractivity (Wildman–Crippen MR) is 86.5 cm³/mol. The van der Waals surface area contributed by atoms with Crippen molar-refractivity contribution >= 4 is 23.8 Å². The Bertz CT molecular complexity index is 866. The minimum Gasteiger partial charge on any atom is -0.371 e. The van der Waals surface area contributed by atoms with Gasteiger partial charge in [0.05, 0.1) is 5.75 Å². The molecule has 0 spiro atoms. The van der Waals surface area contributed by atoms with Crippen LogP contribution in [0.3, 0.4) is 0 Å². The van der Waals surface area contributed by atoms with Crippen LogP contribution in [0.25, 0.3) is 5.69 Å². The zero-order valence-electron chi connectivity index (χ0n) is 13.1. The van der Waals surface area contributed by atoms with E-state index < -0.39 is 23.3 Å². The van der Waals surface area contributed by atoms with Crippen LogP contribution in [0.4, 0.5) is 23.4 Å². The molecule has 2 aromatic rings. The summed E-state index contributed by atoms with van der Waals surface area (Å²) in [6, 6.07) is 2.14. The van der Waals surface area contributed by atoms with Gasteiger partial charge in [0.25, 0.3) is 5.56 Å². The molecule has 11 heteroatoms. The first kappa shape index (κ1) is 18.9. The van der Waals surface area contributed by atoms with Gasteiger partial charge < -0.3 is 10.7 Å². The Morgan fingerprint density at radius 2 is 2.08 bits per heavy atom. The maximum atomic E-state index is 14.3. The topological polar surface area (TPSA) is 83.7 Å². The fourth-order valence-electron chi connectivity index (χ4n) is 1.99. The van der Waals surface area contributed by atoms with Crippen LogP contribution < -0.4 is 10.9 Å². The number of halogens is 4. The molecule has 2 N–H and O–H groups in total. The van der Waals surface area contributed by atoms with Crippen LogP contribution in [0.2, 0.25) is 0 Å². The number of hydrogen-bond acceptors (Lipinski definition) is 6. The molecule has 0 fully saturated rings. The normalized spacial score (nSPS) is 11.4. The highest BCUT2D eigenvalue weighted by Crippen LogP contribution is 2.31. The number of aryl methyl sites for hydroxylation is 1. The quantitative estimate of drug-likeness (QED) is 0.477. The number of nitrogens with zero attached hydrogens (tertiary/aromatic N) is 3. The highest BCUT2D eigenvalue weighted by Gasteiger charge is 2.28. The van der Waals surface area contributed by atoms with Crippen LogP contribution in [-0.4, -0.2) is 40.2 Å². The van der Waals surface area contributed by atoms with E-state index in [1.54, 1.807) is 0 Å². The molecule has 1 aromatic heterocycles. The number of hydrogen-bond donors (Lipinski definition) is 2. The van der Waals surface area contributed by atoms with E-state index in [1.807, 2.05) is 0 Å². The van der Waals surface area contributed by atoms with Gasteiger partial charge in [-0.15, -0.1) is 16.9 Å². The van der Waals surface area contributed by atoms with Crippen LogP contribution in [0.5, 0.6) is 0 Å². The monoisotopic (exact) mass is 375 g/mol. The van der Waals surface area contributed by atoms with Gasteiger partial charge in [0.15, 0.2) is 5.82 Å². The Hall–Kier alpha value is -2.43. The third-order valence-electron chi connectivity index (χ3n) is 3.16. The summed E-state index contributed by atoms with van der Waals surface area (Å²) in [5.41, 5.74) is -1.000. The molecular weight excluding hydrogens is 362 g/mol. The summed E-state index contributed by atoms with van der Waals surface area (Å²) in [6.07, 6.45) is -3.64. The van der Waals surface area contributed by atoms with E-state index in [4.69, 9.17) is 5.41 Å². The Kier molecular flexibility index (Phi) is 5.45. The summed E-state index contributed by atoms with van der Waals surface area (Å²) < 4.78 is 52.1. The molecule has 0 bridgehead atoms. The summed E-state index contributed by atoms with van der Waals surface area (Å²) >= 11 is 0.483. The van der Waals surface area contributed by atoms with Gasteiger partial charge in [0.2, 0.25) is 0 Å². The summed E-state index contributed by atoms with van der Waals surface area (Å²) in [6.45, 7) is 1.47. The molecule has 0 saturated carbocycles. The van der Waals surface area contributed by atoms with Crippen molar-refractivity contribution < 1.29 is 17.6 Å². The fourth-order valence-corrected chi connectivity index (χ4v) is 2.79. The first-order chi connectivity index (χ1) is 11.7. The summed E-state index contributed by atoms with van der Waals surface area (Å²) in [4.78, 5) is 12.5. The second kappa shape index (κ2) is 7.21. The van der Waals surface area contributed by atoms with Gasteiger partial charge in [-0.05, 0) is 24.6 Å². The molecule has 25 heavy (non-hydrogen) atoms. The molecule has 0 amide bonds. The second-order valence-corrected chi connectivity index (χ2v) is 5.95. The molecule has 0 aliphatic heterocycles. The number of anilines is 1. The van der Waals surface area contributed by atoms with Crippen LogP contribution in [-0.2, 0) is 0 Å². The molecule has 1 heterocycles. The number of rotatable bonds is 5. The van der Waals surface area contributed by atoms with Crippen molar-refractivity contribution in [2.75, 3.05) is 18.1 Å². The lowest BCUT2D eigenvalue weighted by atomic mass is 10.2. The van der Waals surface area contributed by atoms with Crippen LogP contribution >= 0.6 is 11.8 Å². The van der Waals surface area contributed by atoms with Crippen molar-refractivity contribution in [2.45, 2.75) is 18.0 Å². The minimum absolute atomic E-state index is 0.0374. The van der Waals surface area contributed by atoms with E-state index in [9.17, 15) is 22.4 Å². The largest absolute Gasteiger partial charge is 0.398 e. The third kappa shape index (κ3) is 4.16. The zero-order valence-corrected chi connectivity index (χ0v) is 13.9. The van der Waals surface area contributed by atoms with Crippen molar-refractivity contribution in [3.8, 4) is 5.69 Å². The van der Waals surface area contributed by atoms with Crippen LogP contribution in [0.1, 0.15) is 11.1 Å². The van der Waals surface area contributed by atoms with Crippen molar-refractivity contribution in [3.63, 3.8) is 0 Å². The molecule has 1 aromatic carbocycles. The van der Waals surface area contributed by atoms with E-state index >= 15 is 0 Å². The Balaban J connectivity index is 2.56. The van der Waals surface area contributed by atoms with E-state index in [-0.39, 0.29) is 22.0 Å². The highest BCUT2D eigenvalue weighted by molar-refractivity contribution is 7.99. The molecule has 0 unspecified atom stereocenters. The second-order valence-electron chi connectivity index (χ2n) is 4.94. The number of alkyl halides is 3. The van der Waals surface area contributed by atoms with E-state index in [2.05, 4.69) is 15.6 Å². The van der Waals surface area contributed by atoms with Gasteiger partial charge in [-0.25, -0.2) is 4.39 Å². The number of benzene rings is 1.